The van der Waals surface area contributed by atoms with Gasteiger partial charge in [-0.15, -0.1) is 13.2 Å². The van der Waals surface area contributed by atoms with Gasteiger partial charge < -0.3 is 4.74 Å². The molecule has 0 atom stereocenters. The van der Waals surface area contributed by atoms with Gasteiger partial charge in [-0.05, 0) is 85.2 Å². The molecule has 0 spiro atoms. The fourth-order valence-electron chi connectivity index (χ4n) is 5.38. The molecule has 176 valence electrons. The Balaban J connectivity index is 1.53. The van der Waals surface area contributed by atoms with Crippen LogP contribution in [0.25, 0.3) is 0 Å². The molecule has 0 radical (unpaired) electrons. The molecular weight excluding hydrogens is 451 g/mol. The topological polar surface area (TPSA) is 9.23 Å². The Kier molecular flexibility index (Phi) is 7.99. The molecular formula is C23H32ClF5OSi. The van der Waals surface area contributed by atoms with E-state index in [1.54, 1.807) is 0 Å². The number of halogens is 6. The molecule has 1 saturated carbocycles. The van der Waals surface area contributed by atoms with E-state index in [2.05, 4.69) is 18.6 Å². The van der Waals surface area contributed by atoms with Crippen molar-refractivity contribution in [3.05, 3.63) is 29.3 Å². The van der Waals surface area contributed by atoms with Crippen LogP contribution >= 0.6 is 11.1 Å². The smallest absolute Gasteiger partial charge is 0.399 e. The van der Waals surface area contributed by atoms with E-state index in [0.717, 1.165) is 37.8 Å². The minimum absolute atomic E-state index is 0.0312. The Bertz CT molecular complexity index is 715. The molecule has 1 aromatic rings. The van der Waals surface area contributed by atoms with Crippen molar-refractivity contribution in [1.82, 2.24) is 0 Å². The summed E-state index contributed by atoms with van der Waals surface area (Å²) in [6, 6.07) is 5.57. The highest BCUT2D eigenvalue weighted by molar-refractivity contribution is 7.20. The van der Waals surface area contributed by atoms with Crippen molar-refractivity contribution in [3.8, 4) is 5.75 Å². The summed E-state index contributed by atoms with van der Waals surface area (Å²) in [5.41, 5.74) is 0.424. The number of hydrogen-bond acceptors (Lipinski definition) is 1. The highest BCUT2D eigenvalue weighted by atomic mass is 35.6. The Labute approximate surface area is 187 Å². The zero-order valence-electron chi connectivity index (χ0n) is 18.2. The highest BCUT2D eigenvalue weighted by Gasteiger charge is 2.39. The van der Waals surface area contributed by atoms with Crippen LogP contribution in [-0.4, -0.2) is 13.7 Å². The first kappa shape index (κ1) is 24.8. The van der Waals surface area contributed by atoms with Crippen molar-refractivity contribution >= 4 is 18.5 Å². The maximum absolute atomic E-state index is 14.1. The second kappa shape index (κ2) is 9.98. The van der Waals surface area contributed by atoms with E-state index in [9.17, 15) is 22.0 Å². The number of benzene rings is 1. The molecule has 2 fully saturated rings. The molecule has 0 aromatic heterocycles. The maximum Gasteiger partial charge on any atom is 0.573 e. The molecule has 0 N–H and O–H groups in total. The summed E-state index contributed by atoms with van der Waals surface area (Å²) in [5.74, 6) is -2.03. The van der Waals surface area contributed by atoms with Crippen molar-refractivity contribution in [3.63, 3.8) is 0 Å². The third-order valence-electron chi connectivity index (χ3n) is 7.24. The van der Waals surface area contributed by atoms with E-state index in [1.807, 2.05) is 0 Å². The largest absolute Gasteiger partial charge is 0.573 e. The van der Waals surface area contributed by atoms with Crippen LogP contribution in [0.15, 0.2) is 12.1 Å². The van der Waals surface area contributed by atoms with Crippen LogP contribution in [0, 0.1) is 29.4 Å². The van der Waals surface area contributed by atoms with Gasteiger partial charge in [0.15, 0.2) is 19.0 Å². The van der Waals surface area contributed by atoms with Crippen LogP contribution in [0.3, 0.4) is 0 Å². The summed E-state index contributed by atoms with van der Waals surface area (Å²) in [4.78, 5) is 0. The number of rotatable bonds is 6. The average Bonchev–Trinajstić information content (AvgIpc) is 2.69. The van der Waals surface area contributed by atoms with Crippen molar-refractivity contribution in [2.24, 2.45) is 17.8 Å². The molecule has 31 heavy (non-hydrogen) atoms. The van der Waals surface area contributed by atoms with Gasteiger partial charge >= 0.3 is 6.36 Å². The lowest BCUT2D eigenvalue weighted by Gasteiger charge is -2.40. The van der Waals surface area contributed by atoms with E-state index >= 15 is 0 Å². The lowest BCUT2D eigenvalue weighted by atomic mass is 9.72. The molecule has 0 unspecified atom stereocenters. The molecule has 8 heteroatoms. The minimum Gasteiger partial charge on any atom is -0.399 e. The lowest BCUT2D eigenvalue weighted by Crippen LogP contribution is -2.35. The third kappa shape index (κ3) is 6.83. The Morgan fingerprint density at radius 2 is 1.48 bits per heavy atom. The fraction of sp³-hybridized carbons (Fsp3) is 0.739. The van der Waals surface area contributed by atoms with E-state index < -0.39 is 31.1 Å². The van der Waals surface area contributed by atoms with Crippen molar-refractivity contribution < 1.29 is 26.7 Å². The van der Waals surface area contributed by atoms with E-state index in [-0.39, 0.29) is 5.92 Å². The quantitative estimate of drug-likeness (QED) is 0.223. The molecule has 3 rings (SSSR count). The van der Waals surface area contributed by atoms with Crippen molar-refractivity contribution in [2.75, 3.05) is 0 Å². The van der Waals surface area contributed by atoms with Crippen molar-refractivity contribution in [2.45, 2.75) is 89.2 Å². The Morgan fingerprint density at radius 3 is 1.97 bits per heavy atom. The fourth-order valence-corrected chi connectivity index (χ4v) is 9.98. The molecule has 2 aliphatic rings. The monoisotopic (exact) mass is 482 g/mol. The van der Waals surface area contributed by atoms with Crippen LogP contribution in [0.1, 0.15) is 70.3 Å². The zero-order valence-corrected chi connectivity index (χ0v) is 20.0. The maximum atomic E-state index is 14.1. The predicted octanol–water partition coefficient (Wildman–Crippen LogP) is 8.78. The second-order valence-corrected chi connectivity index (χ2v) is 16.1. The van der Waals surface area contributed by atoms with Crippen LogP contribution in [0.4, 0.5) is 22.0 Å². The Hall–Kier alpha value is -0.823. The third-order valence-corrected chi connectivity index (χ3v) is 12.5. The SMILES string of the molecule is CC(C)CC[Si]1(Cl)CCC(C2CCC(c3cc(F)c(OC(F)(F)F)c(F)c3)CC2)CC1. The van der Waals surface area contributed by atoms with Gasteiger partial charge in [-0.25, -0.2) is 8.78 Å². The molecule has 1 aliphatic carbocycles. The number of ether oxygens (including phenoxy) is 1. The first-order valence-corrected chi connectivity index (χ1v) is 15.0. The van der Waals surface area contributed by atoms with Gasteiger partial charge in [0.1, 0.15) is 0 Å². The van der Waals surface area contributed by atoms with Gasteiger partial charge in [-0.1, -0.05) is 33.1 Å². The van der Waals surface area contributed by atoms with Crippen LogP contribution in [0.2, 0.25) is 18.1 Å². The van der Waals surface area contributed by atoms with Gasteiger partial charge in [0, 0.05) is 0 Å². The summed E-state index contributed by atoms with van der Waals surface area (Å²) >= 11 is 7.00. The summed E-state index contributed by atoms with van der Waals surface area (Å²) in [7, 11) is -1.61. The highest BCUT2D eigenvalue weighted by Crippen LogP contribution is 2.47. The average molecular weight is 483 g/mol. The predicted molar refractivity (Wildman–Crippen MR) is 116 cm³/mol. The van der Waals surface area contributed by atoms with E-state index in [1.165, 1.54) is 37.4 Å². The molecule has 1 nitrogen and oxygen atoms in total. The van der Waals surface area contributed by atoms with E-state index in [4.69, 9.17) is 11.1 Å². The Morgan fingerprint density at radius 1 is 0.968 bits per heavy atom. The van der Waals surface area contributed by atoms with Crippen molar-refractivity contribution in [1.29, 1.82) is 0 Å². The normalized spacial score (nSPS) is 29.9. The van der Waals surface area contributed by atoms with Gasteiger partial charge in [0.2, 0.25) is 5.75 Å². The second-order valence-electron chi connectivity index (χ2n) is 9.89. The van der Waals surface area contributed by atoms with Gasteiger partial charge in [-0.2, -0.15) is 11.1 Å². The van der Waals surface area contributed by atoms with Gasteiger partial charge in [0.25, 0.3) is 0 Å². The lowest BCUT2D eigenvalue weighted by molar-refractivity contribution is -0.276. The summed E-state index contributed by atoms with van der Waals surface area (Å²) in [6.45, 7) is 4.49. The minimum atomic E-state index is -5.13. The molecule has 1 saturated heterocycles. The first-order valence-electron chi connectivity index (χ1n) is 11.4. The molecule has 1 aliphatic heterocycles. The first-order chi connectivity index (χ1) is 14.5. The molecule has 0 amide bonds. The molecule has 1 heterocycles. The van der Waals surface area contributed by atoms with Gasteiger partial charge in [0.05, 0.1) is 0 Å². The van der Waals surface area contributed by atoms with Crippen LogP contribution in [0.5, 0.6) is 5.75 Å². The standard InChI is InChI=1S/C23H32ClF5OSi/c1-15(2)7-10-31(24)11-8-18(9-12-31)16-3-5-17(6-4-16)19-13-20(25)22(21(26)14-19)30-23(27,28)29/h13-18H,3-12H2,1-2H3. The number of hydrogen-bond donors (Lipinski definition) is 0. The molecule has 0 bridgehead atoms. The number of alkyl halides is 3. The van der Waals surface area contributed by atoms with E-state index in [0.29, 0.717) is 23.3 Å². The zero-order chi connectivity index (χ0) is 22.8. The summed E-state index contributed by atoms with van der Waals surface area (Å²) in [6.07, 6.45) is 2.05. The van der Waals surface area contributed by atoms with Crippen LogP contribution in [-0.2, 0) is 0 Å². The summed E-state index contributed by atoms with van der Waals surface area (Å²) in [5, 5.41) is 0. The summed E-state index contributed by atoms with van der Waals surface area (Å²) < 4.78 is 68.7. The van der Waals surface area contributed by atoms with Crippen LogP contribution < -0.4 is 4.74 Å². The molecule has 1 aromatic carbocycles. The van der Waals surface area contributed by atoms with Gasteiger partial charge in [-0.3, -0.25) is 0 Å².